The molecule has 1 aliphatic carbocycles. The molecule has 0 saturated heterocycles. The van der Waals surface area contributed by atoms with Gasteiger partial charge in [-0.3, -0.25) is 0 Å². The van der Waals surface area contributed by atoms with Crippen LogP contribution in [0.4, 0.5) is 0 Å². The van der Waals surface area contributed by atoms with E-state index >= 15 is 0 Å². The van der Waals surface area contributed by atoms with Gasteiger partial charge in [0.1, 0.15) is 18.3 Å². The molecule has 0 aromatic heterocycles. The molecule has 2 aromatic carbocycles. The highest BCUT2D eigenvalue weighted by Gasteiger charge is 2.52. The molecule has 0 amide bonds. The summed E-state index contributed by atoms with van der Waals surface area (Å²) in [5.41, 5.74) is -1.67. The van der Waals surface area contributed by atoms with Crippen LogP contribution in [0.1, 0.15) is 24.0 Å². The molecule has 0 bridgehead atoms. The highest BCUT2D eigenvalue weighted by Crippen LogP contribution is 2.33. The lowest BCUT2D eigenvalue weighted by Gasteiger charge is -2.40. The number of phenolic OH excluding ortho intramolecular Hbond substituents is 3. The zero-order valence-corrected chi connectivity index (χ0v) is 20.1. The molecule has 0 heterocycles. The Labute approximate surface area is 216 Å². The van der Waals surface area contributed by atoms with Gasteiger partial charge < -0.3 is 44.8 Å². The van der Waals surface area contributed by atoms with Crippen LogP contribution < -0.4 is 4.74 Å². The summed E-state index contributed by atoms with van der Waals surface area (Å²) in [6.45, 7) is 0. The Kier molecular flexibility index (Phi) is 8.61. The number of phenols is 3. The Morgan fingerprint density at radius 3 is 1.82 bits per heavy atom. The molecule has 12 heteroatoms. The number of aliphatic hydroxyl groups is 2. The molecule has 0 spiro atoms. The summed E-state index contributed by atoms with van der Waals surface area (Å²) in [5.74, 6) is -4.37. The number of carbonyl (C=O) groups excluding carboxylic acids is 2. The summed E-state index contributed by atoms with van der Waals surface area (Å²) < 4.78 is 15.3. The van der Waals surface area contributed by atoms with Crippen LogP contribution in [0.3, 0.4) is 0 Å². The molecule has 2 unspecified atom stereocenters. The molecule has 38 heavy (non-hydrogen) atoms. The second-order valence-electron chi connectivity index (χ2n) is 8.53. The first kappa shape index (κ1) is 28.0. The summed E-state index contributed by atoms with van der Waals surface area (Å²) in [4.78, 5) is 36.4. The second-order valence-corrected chi connectivity index (χ2v) is 8.53. The molecule has 2 aromatic rings. The Bertz CT molecular complexity index is 1270. The minimum absolute atomic E-state index is 0.109. The standard InChI is InChI=1S/C26H26O12/c1-36-19-11-15(3-7-17(19)28)5-9-23(31)38-21-13-26(35,25(33)34)12-20(24(21)32)37-22(30)8-4-14-2-6-16(27)18(29)10-14/h2-11,20-21,24,27-29,32,35H,12-13H2,1H3,(H,33,34)/b8-4+,9-5+/t20-,21-,24?,26?/m0/s1. The van der Waals surface area contributed by atoms with Gasteiger partial charge >= 0.3 is 17.9 Å². The van der Waals surface area contributed by atoms with Crippen molar-refractivity contribution in [2.45, 2.75) is 36.8 Å². The maximum atomic E-state index is 12.4. The Balaban J connectivity index is 1.71. The Hall–Kier alpha value is -4.55. The van der Waals surface area contributed by atoms with Crippen LogP contribution in [0.2, 0.25) is 0 Å². The average molecular weight is 530 g/mol. The number of hydrogen-bond acceptors (Lipinski definition) is 11. The Morgan fingerprint density at radius 1 is 0.842 bits per heavy atom. The third-order valence-corrected chi connectivity index (χ3v) is 5.80. The first-order chi connectivity index (χ1) is 17.9. The quantitative estimate of drug-likeness (QED) is 0.163. The monoisotopic (exact) mass is 530 g/mol. The van der Waals surface area contributed by atoms with Gasteiger partial charge in [-0.1, -0.05) is 12.1 Å². The van der Waals surface area contributed by atoms with E-state index in [4.69, 9.17) is 14.2 Å². The fourth-order valence-electron chi connectivity index (χ4n) is 3.77. The molecule has 1 saturated carbocycles. The predicted octanol–water partition coefficient (Wildman–Crippen LogP) is 1.33. The molecule has 1 fully saturated rings. The number of carboxylic acids is 1. The summed E-state index contributed by atoms with van der Waals surface area (Å²) in [5, 5.41) is 59.3. The molecule has 3 rings (SSSR count). The molecule has 202 valence electrons. The van der Waals surface area contributed by atoms with E-state index in [0.717, 1.165) is 12.2 Å². The summed E-state index contributed by atoms with van der Waals surface area (Å²) in [6.07, 6.45) is -1.58. The van der Waals surface area contributed by atoms with Crippen molar-refractivity contribution >= 4 is 30.1 Å². The van der Waals surface area contributed by atoms with Crippen LogP contribution in [0, 0.1) is 0 Å². The van der Waals surface area contributed by atoms with Crippen molar-refractivity contribution in [1.82, 2.24) is 0 Å². The largest absolute Gasteiger partial charge is 0.504 e. The molecule has 0 aliphatic heterocycles. The molecule has 12 nitrogen and oxygen atoms in total. The SMILES string of the molecule is COc1cc(/C=C/C(=O)O[C@H]2CC(O)(C(=O)O)C[C@H](OC(=O)/C=C/c3ccc(O)c(O)c3)C2O)ccc1O. The normalized spacial score (nSPS) is 23.3. The van der Waals surface area contributed by atoms with E-state index in [1.54, 1.807) is 0 Å². The molecule has 1 aliphatic rings. The number of aromatic hydroxyl groups is 3. The third-order valence-electron chi connectivity index (χ3n) is 5.80. The van der Waals surface area contributed by atoms with Crippen molar-refractivity contribution in [1.29, 1.82) is 0 Å². The van der Waals surface area contributed by atoms with E-state index in [0.29, 0.717) is 11.1 Å². The van der Waals surface area contributed by atoms with Crippen LogP contribution in [0.5, 0.6) is 23.0 Å². The van der Waals surface area contributed by atoms with E-state index in [1.165, 1.54) is 55.7 Å². The van der Waals surface area contributed by atoms with Gasteiger partial charge in [-0.2, -0.15) is 0 Å². The van der Waals surface area contributed by atoms with E-state index < -0.39 is 60.4 Å². The van der Waals surface area contributed by atoms with Gasteiger partial charge in [-0.25, -0.2) is 14.4 Å². The van der Waals surface area contributed by atoms with Gasteiger partial charge in [0.25, 0.3) is 0 Å². The zero-order chi connectivity index (χ0) is 28.0. The molecular weight excluding hydrogens is 504 g/mol. The van der Waals surface area contributed by atoms with Crippen LogP contribution in [0.25, 0.3) is 12.2 Å². The number of methoxy groups -OCH3 is 1. The number of benzene rings is 2. The van der Waals surface area contributed by atoms with Crippen molar-refractivity contribution in [2.75, 3.05) is 7.11 Å². The van der Waals surface area contributed by atoms with Crippen molar-refractivity contribution in [3.63, 3.8) is 0 Å². The van der Waals surface area contributed by atoms with Crippen molar-refractivity contribution in [3.8, 4) is 23.0 Å². The number of esters is 2. The highest BCUT2D eigenvalue weighted by molar-refractivity contribution is 5.88. The van der Waals surface area contributed by atoms with E-state index in [-0.39, 0.29) is 17.2 Å². The lowest BCUT2D eigenvalue weighted by molar-refractivity contribution is -0.203. The van der Waals surface area contributed by atoms with E-state index in [1.807, 2.05) is 0 Å². The topological polar surface area (TPSA) is 200 Å². The number of ether oxygens (including phenoxy) is 3. The molecule has 4 atom stereocenters. The lowest BCUT2D eigenvalue weighted by atomic mass is 9.79. The van der Waals surface area contributed by atoms with Crippen LogP contribution in [-0.2, 0) is 23.9 Å². The number of hydrogen-bond donors (Lipinski definition) is 6. The fourth-order valence-corrected chi connectivity index (χ4v) is 3.77. The minimum atomic E-state index is -2.46. The number of aliphatic carboxylic acids is 1. The van der Waals surface area contributed by atoms with Crippen molar-refractivity contribution in [3.05, 3.63) is 59.7 Å². The van der Waals surface area contributed by atoms with E-state index in [2.05, 4.69) is 0 Å². The Morgan fingerprint density at radius 2 is 1.34 bits per heavy atom. The third kappa shape index (κ3) is 6.81. The van der Waals surface area contributed by atoms with Gasteiger partial charge in [-0.15, -0.1) is 0 Å². The van der Waals surface area contributed by atoms with Gasteiger partial charge in [0.2, 0.25) is 0 Å². The van der Waals surface area contributed by atoms with Crippen LogP contribution in [-0.4, -0.2) is 79.6 Å². The smallest absolute Gasteiger partial charge is 0.335 e. The zero-order valence-electron chi connectivity index (χ0n) is 20.1. The lowest BCUT2D eigenvalue weighted by Crippen LogP contribution is -2.58. The number of aliphatic hydroxyl groups excluding tert-OH is 1. The first-order valence-corrected chi connectivity index (χ1v) is 11.2. The first-order valence-electron chi connectivity index (χ1n) is 11.2. The summed E-state index contributed by atoms with van der Waals surface area (Å²) >= 11 is 0. The minimum Gasteiger partial charge on any atom is -0.504 e. The van der Waals surface area contributed by atoms with Gasteiger partial charge in [0.15, 0.2) is 28.6 Å². The van der Waals surface area contributed by atoms with Crippen LogP contribution in [0.15, 0.2) is 48.6 Å². The highest BCUT2D eigenvalue weighted by atomic mass is 16.6. The number of carbonyl (C=O) groups is 3. The molecular formula is C26H26O12. The predicted molar refractivity (Wildman–Crippen MR) is 130 cm³/mol. The van der Waals surface area contributed by atoms with Crippen molar-refractivity contribution in [2.24, 2.45) is 0 Å². The maximum absolute atomic E-state index is 12.4. The van der Waals surface area contributed by atoms with Crippen molar-refractivity contribution < 1.29 is 59.2 Å². The van der Waals surface area contributed by atoms with Crippen LogP contribution >= 0.6 is 0 Å². The second kappa shape index (κ2) is 11.7. The summed E-state index contributed by atoms with van der Waals surface area (Å²) in [6, 6.07) is 8.05. The maximum Gasteiger partial charge on any atom is 0.335 e. The van der Waals surface area contributed by atoms with Gasteiger partial charge in [-0.05, 0) is 47.5 Å². The molecule has 0 radical (unpaired) electrons. The summed E-state index contributed by atoms with van der Waals surface area (Å²) in [7, 11) is 1.35. The molecule has 6 N–H and O–H groups in total. The van der Waals surface area contributed by atoms with Gasteiger partial charge in [0.05, 0.1) is 7.11 Å². The van der Waals surface area contributed by atoms with Gasteiger partial charge in [0, 0.05) is 25.0 Å². The number of carboxylic acid groups (broad SMARTS) is 1. The van der Waals surface area contributed by atoms with E-state index in [9.17, 15) is 45.0 Å². The number of rotatable bonds is 8. The fraction of sp³-hybridized carbons (Fsp3) is 0.269. The average Bonchev–Trinajstić information content (AvgIpc) is 2.87.